The number of para-hydroxylation sites is 1. The molecule has 0 saturated heterocycles. The van der Waals surface area contributed by atoms with Crippen LogP contribution >= 0.6 is 0 Å². The number of hydrogen-bond donors (Lipinski definition) is 1. The topological polar surface area (TPSA) is 90.0 Å². The summed E-state index contributed by atoms with van der Waals surface area (Å²) >= 11 is 0. The van der Waals surface area contributed by atoms with E-state index in [1.807, 2.05) is 13.8 Å². The molecule has 2 aromatic heterocycles. The highest BCUT2D eigenvalue weighted by Gasteiger charge is 2.16. The predicted octanol–water partition coefficient (Wildman–Crippen LogP) is 2.36. The number of rotatable bonds is 4. The van der Waals surface area contributed by atoms with Crippen LogP contribution in [0.15, 0.2) is 39.5 Å². The molecule has 1 aromatic carbocycles. The molecular weight excluding hydrogens is 296 g/mol. The van der Waals surface area contributed by atoms with Crippen LogP contribution in [0.25, 0.3) is 11.0 Å². The SMILES string of the molecule is CCCn1nc(NC(=O)c2cc3ccccc3oc2=O)nc1C. The lowest BCUT2D eigenvalue weighted by molar-refractivity contribution is 0.102. The van der Waals surface area contributed by atoms with Crippen molar-refractivity contribution in [3.8, 4) is 0 Å². The number of fused-ring (bicyclic) bond motifs is 1. The largest absolute Gasteiger partial charge is 0.422 e. The molecule has 0 saturated carbocycles. The number of nitrogens with one attached hydrogen (secondary N) is 1. The Hall–Kier alpha value is -2.96. The van der Waals surface area contributed by atoms with Gasteiger partial charge in [-0.1, -0.05) is 25.1 Å². The minimum Gasteiger partial charge on any atom is -0.422 e. The van der Waals surface area contributed by atoms with Crippen LogP contribution in [-0.2, 0) is 6.54 Å². The summed E-state index contributed by atoms with van der Waals surface area (Å²) in [6, 6.07) is 8.52. The number of aromatic nitrogens is 3. The first-order valence-electron chi connectivity index (χ1n) is 7.34. The summed E-state index contributed by atoms with van der Waals surface area (Å²) in [6.45, 7) is 4.55. The molecule has 7 heteroatoms. The normalized spacial score (nSPS) is 10.9. The molecule has 0 radical (unpaired) electrons. The zero-order valence-electron chi connectivity index (χ0n) is 12.9. The van der Waals surface area contributed by atoms with E-state index in [9.17, 15) is 9.59 Å². The van der Waals surface area contributed by atoms with Crippen molar-refractivity contribution in [1.82, 2.24) is 14.8 Å². The second-order valence-corrected chi connectivity index (χ2v) is 5.15. The number of nitrogens with zero attached hydrogens (tertiary/aromatic N) is 3. The van der Waals surface area contributed by atoms with Crippen LogP contribution in [0.2, 0.25) is 0 Å². The van der Waals surface area contributed by atoms with Gasteiger partial charge in [-0.2, -0.15) is 4.98 Å². The Balaban J connectivity index is 1.90. The van der Waals surface area contributed by atoms with Crippen molar-refractivity contribution in [2.75, 3.05) is 5.32 Å². The van der Waals surface area contributed by atoms with Crippen molar-refractivity contribution >= 4 is 22.8 Å². The van der Waals surface area contributed by atoms with Crippen LogP contribution in [0.5, 0.6) is 0 Å². The van der Waals surface area contributed by atoms with E-state index in [-0.39, 0.29) is 11.5 Å². The summed E-state index contributed by atoms with van der Waals surface area (Å²) in [5, 5.41) is 7.42. The number of benzene rings is 1. The van der Waals surface area contributed by atoms with E-state index in [1.54, 1.807) is 28.9 Å². The van der Waals surface area contributed by atoms with Gasteiger partial charge >= 0.3 is 5.63 Å². The Morgan fingerprint density at radius 3 is 2.91 bits per heavy atom. The Kier molecular flexibility index (Phi) is 3.92. The third-order valence-electron chi connectivity index (χ3n) is 3.40. The maximum atomic E-state index is 12.3. The highest BCUT2D eigenvalue weighted by molar-refractivity contribution is 6.04. The minimum atomic E-state index is -0.689. The van der Waals surface area contributed by atoms with E-state index >= 15 is 0 Å². The van der Waals surface area contributed by atoms with E-state index in [1.165, 1.54) is 6.07 Å². The molecule has 0 fully saturated rings. The Morgan fingerprint density at radius 1 is 1.35 bits per heavy atom. The first-order chi connectivity index (χ1) is 11.1. The molecule has 0 unspecified atom stereocenters. The second-order valence-electron chi connectivity index (χ2n) is 5.15. The molecule has 0 aliphatic heterocycles. The second kappa shape index (κ2) is 6.04. The average molecular weight is 312 g/mol. The van der Waals surface area contributed by atoms with Crippen LogP contribution in [0.1, 0.15) is 29.5 Å². The zero-order valence-corrected chi connectivity index (χ0v) is 12.9. The maximum Gasteiger partial charge on any atom is 0.349 e. The highest BCUT2D eigenvalue weighted by atomic mass is 16.4. The van der Waals surface area contributed by atoms with Crippen molar-refractivity contribution in [2.45, 2.75) is 26.8 Å². The Labute approximate surface area is 131 Å². The molecule has 2 heterocycles. The molecule has 7 nitrogen and oxygen atoms in total. The zero-order chi connectivity index (χ0) is 16.4. The van der Waals surface area contributed by atoms with E-state index in [4.69, 9.17) is 4.42 Å². The van der Waals surface area contributed by atoms with Gasteiger partial charge in [-0.15, -0.1) is 5.10 Å². The fraction of sp³-hybridized carbons (Fsp3) is 0.250. The van der Waals surface area contributed by atoms with Gasteiger partial charge in [0, 0.05) is 11.9 Å². The summed E-state index contributed by atoms with van der Waals surface area (Å²) in [5.74, 6) is 0.291. The molecule has 0 spiro atoms. The van der Waals surface area contributed by atoms with E-state index in [0.717, 1.165) is 6.42 Å². The van der Waals surface area contributed by atoms with E-state index in [0.29, 0.717) is 23.3 Å². The lowest BCUT2D eigenvalue weighted by Gasteiger charge is -2.02. The average Bonchev–Trinajstić information content (AvgIpc) is 2.86. The molecule has 3 rings (SSSR count). The van der Waals surface area contributed by atoms with Crippen molar-refractivity contribution in [3.63, 3.8) is 0 Å². The van der Waals surface area contributed by atoms with Crippen LogP contribution in [0.3, 0.4) is 0 Å². The van der Waals surface area contributed by atoms with Gasteiger partial charge in [-0.25, -0.2) is 9.48 Å². The molecule has 118 valence electrons. The summed E-state index contributed by atoms with van der Waals surface area (Å²) in [7, 11) is 0. The number of amides is 1. The number of hydrogen-bond acceptors (Lipinski definition) is 5. The number of carbonyl (C=O) groups is 1. The summed E-state index contributed by atoms with van der Waals surface area (Å²) < 4.78 is 6.86. The fourth-order valence-electron chi connectivity index (χ4n) is 2.29. The molecule has 23 heavy (non-hydrogen) atoms. The van der Waals surface area contributed by atoms with Gasteiger partial charge in [0.25, 0.3) is 5.91 Å². The van der Waals surface area contributed by atoms with Crippen molar-refractivity contribution in [1.29, 1.82) is 0 Å². The van der Waals surface area contributed by atoms with Crippen LogP contribution in [-0.4, -0.2) is 20.7 Å². The summed E-state index contributed by atoms with van der Waals surface area (Å²) in [5.41, 5.74) is -0.325. The minimum absolute atomic E-state index is 0.0757. The van der Waals surface area contributed by atoms with Gasteiger partial charge in [0.05, 0.1) is 0 Å². The third kappa shape index (κ3) is 2.98. The molecule has 1 N–H and O–H groups in total. The van der Waals surface area contributed by atoms with Crippen LogP contribution in [0, 0.1) is 6.92 Å². The van der Waals surface area contributed by atoms with Crippen molar-refractivity contribution in [2.24, 2.45) is 0 Å². The quantitative estimate of drug-likeness (QED) is 0.747. The number of anilines is 1. The fourth-order valence-corrected chi connectivity index (χ4v) is 2.29. The molecule has 0 atom stereocenters. The van der Waals surface area contributed by atoms with Gasteiger partial charge in [-0.05, 0) is 25.5 Å². The van der Waals surface area contributed by atoms with Gasteiger partial charge in [-0.3, -0.25) is 10.1 Å². The van der Waals surface area contributed by atoms with Crippen LogP contribution < -0.4 is 10.9 Å². The number of aryl methyl sites for hydroxylation is 2. The molecule has 0 aliphatic carbocycles. The molecular formula is C16H16N4O3. The number of carbonyl (C=O) groups excluding carboxylic acids is 1. The van der Waals surface area contributed by atoms with Gasteiger partial charge in [0.2, 0.25) is 5.95 Å². The van der Waals surface area contributed by atoms with Crippen molar-refractivity contribution < 1.29 is 9.21 Å². The van der Waals surface area contributed by atoms with Gasteiger partial charge in [0.15, 0.2) is 0 Å². The van der Waals surface area contributed by atoms with E-state index < -0.39 is 11.5 Å². The maximum absolute atomic E-state index is 12.3. The highest BCUT2D eigenvalue weighted by Crippen LogP contribution is 2.13. The summed E-state index contributed by atoms with van der Waals surface area (Å²) in [4.78, 5) is 28.4. The first kappa shape index (κ1) is 15.0. The van der Waals surface area contributed by atoms with Gasteiger partial charge in [0.1, 0.15) is 17.0 Å². The Morgan fingerprint density at radius 2 is 2.13 bits per heavy atom. The lowest BCUT2D eigenvalue weighted by Crippen LogP contribution is -2.21. The standard InChI is InChI=1S/C16H16N4O3/c1-3-8-20-10(2)17-16(19-20)18-14(21)12-9-11-6-4-5-7-13(11)23-15(12)22/h4-7,9H,3,8H2,1-2H3,(H,18,19,21). The molecule has 3 aromatic rings. The molecule has 0 bridgehead atoms. The Bertz CT molecular complexity index is 926. The monoisotopic (exact) mass is 312 g/mol. The van der Waals surface area contributed by atoms with Gasteiger partial charge < -0.3 is 4.42 Å². The third-order valence-corrected chi connectivity index (χ3v) is 3.40. The molecule has 0 aliphatic rings. The summed E-state index contributed by atoms with van der Waals surface area (Å²) in [6.07, 6.45) is 0.909. The molecule has 1 amide bonds. The predicted molar refractivity (Wildman–Crippen MR) is 85.5 cm³/mol. The van der Waals surface area contributed by atoms with Crippen LogP contribution in [0.4, 0.5) is 5.95 Å². The van der Waals surface area contributed by atoms with E-state index in [2.05, 4.69) is 15.4 Å². The smallest absolute Gasteiger partial charge is 0.349 e. The van der Waals surface area contributed by atoms with Crippen molar-refractivity contribution in [3.05, 3.63) is 52.1 Å². The lowest BCUT2D eigenvalue weighted by atomic mass is 10.2. The first-order valence-corrected chi connectivity index (χ1v) is 7.34.